The normalized spacial score (nSPS) is 11.7. The molecule has 0 saturated heterocycles. The van der Waals surface area contributed by atoms with Crippen LogP contribution in [0.15, 0.2) is 18.2 Å². The number of nitrogens with zero attached hydrogens (tertiary/aromatic N) is 1. The number of nitrogens with one attached hydrogen (secondary N) is 1. The highest BCUT2D eigenvalue weighted by Crippen LogP contribution is 2.23. The maximum Gasteiger partial charge on any atom is 0.306 e. The van der Waals surface area contributed by atoms with Gasteiger partial charge in [0, 0.05) is 12.5 Å². The zero-order chi connectivity index (χ0) is 16.7. The minimum atomic E-state index is -1.03. The lowest BCUT2D eigenvalue weighted by Crippen LogP contribution is -2.18. The fourth-order valence-corrected chi connectivity index (χ4v) is 2.04. The SMILES string of the molecule is COC(=N)CCC(Cc1ccc(CO)c([N+](=O)[O-])c1)C(=O)O. The molecule has 0 spiro atoms. The van der Waals surface area contributed by atoms with Crippen molar-refractivity contribution in [3.05, 3.63) is 39.4 Å². The molecule has 0 radical (unpaired) electrons. The molecule has 0 aliphatic carbocycles. The van der Waals surface area contributed by atoms with Crippen LogP contribution in [0.25, 0.3) is 0 Å². The van der Waals surface area contributed by atoms with Gasteiger partial charge in [-0.2, -0.15) is 0 Å². The molecule has 0 heterocycles. The summed E-state index contributed by atoms with van der Waals surface area (Å²) in [6.45, 7) is -0.454. The van der Waals surface area contributed by atoms with Crippen molar-refractivity contribution in [3.8, 4) is 0 Å². The van der Waals surface area contributed by atoms with E-state index in [4.69, 9.17) is 10.5 Å². The van der Waals surface area contributed by atoms with Crippen LogP contribution in [0.1, 0.15) is 24.0 Å². The van der Waals surface area contributed by atoms with Crippen molar-refractivity contribution < 1.29 is 24.7 Å². The third kappa shape index (κ3) is 4.81. The minimum absolute atomic E-state index is 0.00661. The van der Waals surface area contributed by atoms with Gasteiger partial charge in [0.15, 0.2) is 5.90 Å². The number of carbonyl (C=O) groups is 1. The number of carboxylic acid groups (broad SMARTS) is 1. The second kappa shape index (κ2) is 8.08. The molecule has 1 rings (SSSR count). The first-order valence-electron chi connectivity index (χ1n) is 6.60. The lowest BCUT2D eigenvalue weighted by Gasteiger charge is -2.13. The van der Waals surface area contributed by atoms with Crippen molar-refractivity contribution in [2.75, 3.05) is 7.11 Å². The monoisotopic (exact) mass is 310 g/mol. The van der Waals surface area contributed by atoms with Crippen LogP contribution in [0.2, 0.25) is 0 Å². The van der Waals surface area contributed by atoms with Crippen LogP contribution in [-0.2, 0) is 22.6 Å². The maximum atomic E-state index is 11.3. The molecule has 0 aliphatic rings. The third-order valence-electron chi connectivity index (χ3n) is 3.31. The Morgan fingerprint density at radius 1 is 1.50 bits per heavy atom. The molecule has 8 heteroatoms. The van der Waals surface area contributed by atoms with Gasteiger partial charge < -0.3 is 14.9 Å². The van der Waals surface area contributed by atoms with Crippen molar-refractivity contribution in [1.29, 1.82) is 5.41 Å². The largest absolute Gasteiger partial charge is 0.484 e. The molecule has 0 fully saturated rings. The Kier molecular flexibility index (Phi) is 6.46. The van der Waals surface area contributed by atoms with E-state index in [0.29, 0.717) is 5.56 Å². The molecule has 1 atom stereocenters. The number of methoxy groups -OCH3 is 1. The summed E-state index contributed by atoms with van der Waals surface area (Å²) in [5.74, 6) is -1.80. The van der Waals surface area contributed by atoms with Gasteiger partial charge in [0.05, 0.1) is 30.1 Å². The van der Waals surface area contributed by atoms with Gasteiger partial charge in [0.1, 0.15) is 0 Å². The number of nitro groups is 1. The van der Waals surface area contributed by atoms with E-state index in [2.05, 4.69) is 4.74 Å². The van der Waals surface area contributed by atoms with Gasteiger partial charge in [0.25, 0.3) is 5.69 Å². The van der Waals surface area contributed by atoms with E-state index in [1.807, 2.05) is 0 Å². The minimum Gasteiger partial charge on any atom is -0.484 e. The molecular formula is C14H18N2O6. The summed E-state index contributed by atoms with van der Waals surface area (Å²) in [7, 11) is 1.34. The molecule has 1 aromatic carbocycles. The smallest absolute Gasteiger partial charge is 0.306 e. The highest BCUT2D eigenvalue weighted by atomic mass is 16.6. The Morgan fingerprint density at radius 2 is 2.18 bits per heavy atom. The molecule has 8 nitrogen and oxygen atoms in total. The number of carboxylic acids is 1. The number of aliphatic hydroxyl groups excluding tert-OH is 1. The first kappa shape index (κ1) is 17.6. The van der Waals surface area contributed by atoms with E-state index in [1.165, 1.54) is 19.2 Å². The Morgan fingerprint density at radius 3 is 2.68 bits per heavy atom. The summed E-state index contributed by atoms with van der Waals surface area (Å²) < 4.78 is 4.68. The highest BCUT2D eigenvalue weighted by molar-refractivity contribution is 5.75. The van der Waals surface area contributed by atoms with Crippen molar-refractivity contribution in [2.45, 2.75) is 25.9 Å². The third-order valence-corrected chi connectivity index (χ3v) is 3.31. The van der Waals surface area contributed by atoms with E-state index in [-0.39, 0.29) is 36.4 Å². The van der Waals surface area contributed by atoms with Crippen molar-refractivity contribution in [3.63, 3.8) is 0 Å². The number of hydrogen-bond acceptors (Lipinski definition) is 6. The van der Waals surface area contributed by atoms with Gasteiger partial charge in [-0.1, -0.05) is 6.07 Å². The van der Waals surface area contributed by atoms with Gasteiger partial charge in [-0.3, -0.25) is 20.3 Å². The van der Waals surface area contributed by atoms with Crippen LogP contribution >= 0.6 is 0 Å². The van der Waals surface area contributed by atoms with Gasteiger partial charge in [-0.25, -0.2) is 0 Å². The summed E-state index contributed by atoms with van der Waals surface area (Å²) in [5.41, 5.74) is 0.454. The number of nitro benzene ring substituents is 1. The second-order valence-corrected chi connectivity index (χ2v) is 4.78. The van der Waals surface area contributed by atoms with E-state index in [0.717, 1.165) is 0 Å². The van der Waals surface area contributed by atoms with Crippen LogP contribution < -0.4 is 0 Å². The van der Waals surface area contributed by atoms with Crippen LogP contribution in [0, 0.1) is 21.4 Å². The van der Waals surface area contributed by atoms with Gasteiger partial charge in [-0.15, -0.1) is 0 Å². The van der Waals surface area contributed by atoms with E-state index in [1.54, 1.807) is 6.07 Å². The van der Waals surface area contributed by atoms with Crippen molar-refractivity contribution in [1.82, 2.24) is 0 Å². The fraction of sp³-hybridized carbons (Fsp3) is 0.429. The lowest BCUT2D eigenvalue weighted by atomic mass is 9.94. The average Bonchev–Trinajstić information content (AvgIpc) is 2.50. The topological polar surface area (TPSA) is 134 Å². The average molecular weight is 310 g/mol. The standard InChI is InChI=1S/C14H18N2O6/c1-22-13(15)5-4-10(14(18)19)6-9-2-3-11(8-17)12(7-9)16(20)21/h2-3,7,10,15,17H,4-6,8H2,1H3,(H,18,19). The quantitative estimate of drug-likeness (QED) is 0.290. The predicted molar refractivity (Wildman–Crippen MR) is 77.8 cm³/mol. The number of aliphatic hydroxyl groups is 1. The van der Waals surface area contributed by atoms with Crippen molar-refractivity contribution in [2.24, 2.45) is 5.92 Å². The van der Waals surface area contributed by atoms with Gasteiger partial charge in [0.2, 0.25) is 0 Å². The summed E-state index contributed by atoms with van der Waals surface area (Å²) in [6.07, 6.45) is 0.501. The zero-order valence-electron chi connectivity index (χ0n) is 12.1. The molecule has 0 aromatic heterocycles. The Bertz CT molecular complexity index is 572. The molecule has 0 amide bonds. The maximum absolute atomic E-state index is 11.3. The molecular weight excluding hydrogens is 292 g/mol. The molecule has 1 unspecified atom stereocenters. The predicted octanol–water partition coefficient (Wildman–Crippen LogP) is 1.73. The van der Waals surface area contributed by atoms with E-state index >= 15 is 0 Å². The Labute approximate surface area is 127 Å². The first-order chi connectivity index (χ1) is 10.4. The molecule has 0 aliphatic heterocycles. The number of rotatable bonds is 8. The van der Waals surface area contributed by atoms with Crippen molar-refractivity contribution >= 4 is 17.6 Å². The molecule has 0 saturated carbocycles. The number of ether oxygens (including phenoxy) is 1. The van der Waals surface area contributed by atoms with Crippen LogP contribution in [-0.4, -0.2) is 34.1 Å². The molecule has 22 heavy (non-hydrogen) atoms. The Hall–Kier alpha value is -2.48. The molecule has 120 valence electrons. The molecule has 3 N–H and O–H groups in total. The number of aliphatic carboxylic acids is 1. The van der Waals surface area contributed by atoms with Crippen LogP contribution in [0.4, 0.5) is 5.69 Å². The molecule has 0 bridgehead atoms. The summed E-state index contributed by atoms with van der Waals surface area (Å²) >= 11 is 0. The van der Waals surface area contributed by atoms with E-state index < -0.39 is 23.4 Å². The van der Waals surface area contributed by atoms with Gasteiger partial charge in [-0.05, 0) is 24.5 Å². The fourth-order valence-electron chi connectivity index (χ4n) is 2.04. The zero-order valence-corrected chi connectivity index (χ0v) is 12.1. The first-order valence-corrected chi connectivity index (χ1v) is 6.60. The number of hydrogen-bond donors (Lipinski definition) is 3. The van der Waals surface area contributed by atoms with Gasteiger partial charge >= 0.3 is 5.97 Å². The van der Waals surface area contributed by atoms with Crippen LogP contribution in [0.5, 0.6) is 0 Å². The Balaban J connectivity index is 2.89. The number of benzene rings is 1. The lowest BCUT2D eigenvalue weighted by molar-refractivity contribution is -0.385. The second-order valence-electron chi connectivity index (χ2n) is 4.78. The van der Waals surface area contributed by atoms with E-state index in [9.17, 15) is 20.0 Å². The van der Waals surface area contributed by atoms with Crippen LogP contribution in [0.3, 0.4) is 0 Å². The molecule has 1 aromatic rings. The highest BCUT2D eigenvalue weighted by Gasteiger charge is 2.21. The summed E-state index contributed by atoms with van der Waals surface area (Å²) in [5, 5.41) is 36.6. The summed E-state index contributed by atoms with van der Waals surface area (Å²) in [6, 6.07) is 4.27. The summed E-state index contributed by atoms with van der Waals surface area (Å²) in [4.78, 5) is 21.6.